The predicted molar refractivity (Wildman–Crippen MR) is 127 cm³/mol. The Hall–Kier alpha value is -3.58. The summed E-state index contributed by atoms with van der Waals surface area (Å²) in [5, 5.41) is 2.37. The molecule has 8 heteroatoms. The lowest BCUT2D eigenvalue weighted by atomic mass is 10.0. The van der Waals surface area contributed by atoms with Crippen molar-refractivity contribution in [2.75, 3.05) is 22.5 Å². The molecule has 5 N–H and O–H groups in total. The van der Waals surface area contributed by atoms with Gasteiger partial charge in [-0.15, -0.1) is 0 Å². The fourth-order valence-corrected chi connectivity index (χ4v) is 3.54. The van der Waals surface area contributed by atoms with Crippen LogP contribution >= 0.6 is 11.6 Å². The molecule has 32 heavy (non-hydrogen) atoms. The van der Waals surface area contributed by atoms with E-state index < -0.39 is 11.8 Å². The molecule has 0 bridgehead atoms. The molecule has 0 aliphatic carbocycles. The maximum atomic E-state index is 12.9. The van der Waals surface area contributed by atoms with Gasteiger partial charge in [-0.2, -0.15) is 0 Å². The molecule has 0 atom stereocenters. The molecule has 4 rings (SSSR count). The van der Waals surface area contributed by atoms with Crippen molar-refractivity contribution in [2.24, 2.45) is 5.73 Å². The van der Waals surface area contributed by atoms with Crippen molar-refractivity contribution in [3.8, 4) is 11.1 Å². The van der Waals surface area contributed by atoms with Gasteiger partial charge in [0.15, 0.2) is 0 Å². The van der Waals surface area contributed by atoms with Crippen LogP contribution in [0.4, 0.5) is 26.2 Å². The lowest BCUT2D eigenvalue weighted by Gasteiger charge is -2.26. The summed E-state index contributed by atoms with van der Waals surface area (Å²) >= 11 is 5.47. The summed E-state index contributed by atoms with van der Waals surface area (Å²) in [6.45, 7) is 0.825. The van der Waals surface area contributed by atoms with Crippen molar-refractivity contribution in [1.29, 1.82) is 0 Å². The lowest BCUT2D eigenvalue weighted by Crippen LogP contribution is -2.35. The van der Waals surface area contributed by atoms with E-state index in [1.54, 1.807) is 0 Å². The van der Waals surface area contributed by atoms with Gasteiger partial charge in [0.2, 0.25) is 5.91 Å². The number of amides is 3. The highest BCUT2D eigenvalue weighted by atomic mass is 35.5. The molecule has 0 spiro atoms. The van der Waals surface area contributed by atoms with Gasteiger partial charge in [-0.3, -0.25) is 4.79 Å². The van der Waals surface area contributed by atoms with Gasteiger partial charge in [0, 0.05) is 34.9 Å². The topological polar surface area (TPSA) is 101 Å². The Kier molecular flexibility index (Phi) is 7.68. The second-order valence-electron chi connectivity index (χ2n) is 7.25. The van der Waals surface area contributed by atoms with Crippen LogP contribution in [-0.4, -0.2) is 18.5 Å². The molecule has 1 fully saturated rings. The Bertz CT molecular complexity index is 1110. The van der Waals surface area contributed by atoms with Crippen LogP contribution in [0.3, 0.4) is 0 Å². The first-order valence-corrected chi connectivity index (χ1v) is 10.5. The highest BCUT2D eigenvalue weighted by Gasteiger charge is 2.19. The van der Waals surface area contributed by atoms with E-state index in [0.717, 1.165) is 48.0 Å². The molecule has 1 aliphatic rings. The number of nitrogens with two attached hydrogens (primary N) is 2. The van der Waals surface area contributed by atoms with Gasteiger partial charge in [-0.25, -0.2) is 9.18 Å². The van der Waals surface area contributed by atoms with Gasteiger partial charge >= 0.3 is 6.03 Å². The highest BCUT2D eigenvalue weighted by molar-refractivity contribution is 6.30. The Morgan fingerprint density at radius 3 is 2.38 bits per heavy atom. The third kappa shape index (κ3) is 5.98. The molecule has 0 radical (unpaired) electrons. The zero-order valence-electron chi connectivity index (χ0n) is 17.4. The standard InChI is InChI=1S/C17H18N2O.C7H6ClFN2O/c18-16-6-2-1-5-15(16)13-8-10-14(11-9-13)19-12-4-3-7-17(19)20;8-4-1-2-6(5(9)3-4)11-7(10)12/h1-2,5-6,8-11H,3-4,7,12,18H2;1-3H,(H3,10,11,12). The maximum Gasteiger partial charge on any atom is 0.316 e. The normalized spacial score (nSPS) is 13.2. The van der Waals surface area contributed by atoms with Crippen molar-refractivity contribution in [1.82, 2.24) is 0 Å². The van der Waals surface area contributed by atoms with Crippen LogP contribution in [0.1, 0.15) is 19.3 Å². The molecular weight excluding hydrogens is 431 g/mol. The van der Waals surface area contributed by atoms with Gasteiger partial charge in [0.1, 0.15) is 5.82 Å². The Balaban J connectivity index is 0.000000207. The number of hydrogen-bond donors (Lipinski definition) is 3. The van der Waals surface area contributed by atoms with Crippen molar-refractivity contribution >= 4 is 40.6 Å². The third-order valence-electron chi connectivity index (χ3n) is 4.96. The molecule has 0 saturated carbocycles. The molecule has 166 valence electrons. The van der Waals surface area contributed by atoms with Crippen LogP contribution < -0.4 is 21.7 Å². The number of hydrogen-bond acceptors (Lipinski definition) is 3. The SMILES string of the molecule is NC(=O)Nc1ccc(Cl)cc1F.Nc1ccccc1-c1ccc(N2CCCCC2=O)cc1. The average Bonchev–Trinajstić information content (AvgIpc) is 2.77. The monoisotopic (exact) mass is 454 g/mol. The first kappa shape index (κ1) is 23.1. The number of halogens is 2. The minimum Gasteiger partial charge on any atom is -0.398 e. The molecule has 6 nitrogen and oxygen atoms in total. The minimum atomic E-state index is -0.809. The fourth-order valence-electron chi connectivity index (χ4n) is 3.38. The Labute approximate surface area is 191 Å². The minimum absolute atomic E-state index is 0.0203. The van der Waals surface area contributed by atoms with Crippen LogP contribution in [-0.2, 0) is 4.79 Å². The predicted octanol–water partition coefficient (Wildman–Crippen LogP) is 5.42. The number of anilines is 3. The van der Waals surface area contributed by atoms with E-state index in [4.69, 9.17) is 23.1 Å². The van der Waals surface area contributed by atoms with Gasteiger partial charge in [0.25, 0.3) is 0 Å². The van der Waals surface area contributed by atoms with E-state index >= 15 is 0 Å². The number of carbonyl (C=O) groups is 2. The van der Waals surface area contributed by atoms with Gasteiger partial charge in [-0.05, 0) is 54.8 Å². The summed E-state index contributed by atoms with van der Waals surface area (Å²) in [5.41, 5.74) is 14.7. The Morgan fingerprint density at radius 1 is 1.03 bits per heavy atom. The second-order valence-corrected chi connectivity index (χ2v) is 7.69. The first-order chi connectivity index (χ1) is 15.3. The van der Waals surface area contributed by atoms with Crippen molar-refractivity contribution in [3.63, 3.8) is 0 Å². The smallest absolute Gasteiger partial charge is 0.316 e. The second kappa shape index (κ2) is 10.6. The zero-order chi connectivity index (χ0) is 23.1. The summed E-state index contributed by atoms with van der Waals surface area (Å²) < 4.78 is 12.9. The third-order valence-corrected chi connectivity index (χ3v) is 5.20. The number of nitrogens with zero attached hydrogens (tertiary/aromatic N) is 1. The molecule has 0 unspecified atom stereocenters. The number of nitrogens with one attached hydrogen (secondary N) is 1. The van der Waals surface area contributed by atoms with Crippen molar-refractivity contribution < 1.29 is 14.0 Å². The molecule has 0 aromatic heterocycles. The summed E-state index contributed by atoms with van der Waals surface area (Å²) in [6, 6.07) is 19.0. The fraction of sp³-hybridized carbons (Fsp3) is 0.167. The molecule has 1 saturated heterocycles. The van der Waals surface area contributed by atoms with Gasteiger partial charge in [-0.1, -0.05) is 41.9 Å². The van der Waals surface area contributed by atoms with E-state index in [0.29, 0.717) is 6.42 Å². The van der Waals surface area contributed by atoms with Crippen LogP contribution in [0.25, 0.3) is 11.1 Å². The summed E-state index contributed by atoms with van der Waals surface area (Å²) in [6.07, 6.45) is 2.75. The highest BCUT2D eigenvalue weighted by Crippen LogP contribution is 2.28. The molecule has 1 aliphatic heterocycles. The lowest BCUT2D eigenvalue weighted by molar-refractivity contribution is -0.119. The number of rotatable bonds is 3. The quantitative estimate of drug-likeness (QED) is 0.460. The average molecular weight is 455 g/mol. The largest absolute Gasteiger partial charge is 0.398 e. The van der Waals surface area contributed by atoms with Crippen LogP contribution in [0.2, 0.25) is 5.02 Å². The number of benzene rings is 3. The maximum absolute atomic E-state index is 12.9. The summed E-state index contributed by atoms with van der Waals surface area (Å²) in [7, 11) is 0. The molecule has 1 heterocycles. The summed E-state index contributed by atoms with van der Waals surface area (Å²) in [5.74, 6) is -0.385. The van der Waals surface area contributed by atoms with Crippen LogP contribution in [0, 0.1) is 5.82 Å². The van der Waals surface area contributed by atoms with Crippen LogP contribution in [0.5, 0.6) is 0 Å². The van der Waals surface area contributed by atoms with Gasteiger partial charge in [0.05, 0.1) is 5.69 Å². The summed E-state index contributed by atoms with van der Waals surface area (Å²) in [4.78, 5) is 24.1. The molecule has 3 amide bonds. The van der Waals surface area contributed by atoms with Crippen molar-refractivity contribution in [3.05, 3.63) is 77.6 Å². The van der Waals surface area contributed by atoms with E-state index in [1.165, 1.54) is 12.1 Å². The molecule has 3 aromatic rings. The number of piperidine rings is 1. The molecule has 3 aromatic carbocycles. The van der Waals surface area contributed by atoms with E-state index in [-0.39, 0.29) is 16.6 Å². The van der Waals surface area contributed by atoms with E-state index in [2.05, 4.69) is 5.32 Å². The number of urea groups is 1. The number of carbonyl (C=O) groups excluding carboxylic acids is 2. The van der Waals surface area contributed by atoms with Crippen LogP contribution in [0.15, 0.2) is 66.7 Å². The van der Waals surface area contributed by atoms with Gasteiger partial charge < -0.3 is 21.7 Å². The zero-order valence-corrected chi connectivity index (χ0v) is 18.1. The van der Waals surface area contributed by atoms with Crippen molar-refractivity contribution in [2.45, 2.75) is 19.3 Å². The number of nitrogen functional groups attached to an aromatic ring is 1. The first-order valence-electron chi connectivity index (χ1n) is 10.1. The Morgan fingerprint density at radius 2 is 1.75 bits per heavy atom. The van der Waals surface area contributed by atoms with E-state index in [9.17, 15) is 14.0 Å². The number of primary amides is 1. The van der Waals surface area contributed by atoms with E-state index in [1.807, 2.05) is 53.4 Å². The molecular formula is C24H24ClFN4O2. The number of para-hydroxylation sites is 1.